The van der Waals surface area contributed by atoms with Crippen LogP contribution >= 0.6 is 0 Å². The molecule has 0 atom stereocenters. The molecule has 0 saturated carbocycles. The van der Waals surface area contributed by atoms with Crippen LogP contribution in [0.5, 0.6) is 0 Å². The molecule has 3 heteroatoms. The van der Waals surface area contributed by atoms with Gasteiger partial charge in [0.15, 0.2) is 0 Å². The van der Waals surface area contributed by atoms with Crippen LogP contribution in [0.3, 0.4) is 0 Å². The summed E-state index contributed by atoms with van der Waals surface area (Å²) in [6.07, 6.45) is 8.05. The molecule has 0 aliphatic rings. The zero-order chi connectivity index (χ0) is 11.7. The van der Waals surface area contributed by atoms with E-state index in [0.29, 0.717) is 25.9 Å². The van der Waals surface area contributed by atoms with Crippen LogP contribution in [0.1, 0.15) is 39.5 Å². The number of rotatable bonds is 7. The number of hydrogen-bond donors (Lipinski definition) is 2. The summed E-state index contributed by atoms with van der Waals surface area (Å²) in [5.74, 6) is 2.56. The van der Waals surface area contributed by atoms with Crippen molar-refractivity contribution in [1.82, 2.24) is 5.32 Å². The van der Waals surface area contributed by atoms with E-state index in [4.69, 9.17) is 12.2 Å². The van der Waals surface area contributed by atoms with E-state index in [9.17, 15) is 4.79 Å². The Labute approximate surface area is 92.8 Å². The zero-order valence-electron chi connectivity index (χ0n) is 9.81. The molecular weight excluding hydrogens is 188 g/mol. The van der Waals surface area contributed by atoms with E-state index in [0.717, 1.165) is 12.8 Å². The van der Waals surface area contributed by atoms with Crippen LogP contribution in [0.15, 0.2) is 0 Å². The number of nitrogens with one attached hydrogen (secondary N) is 1. The van der Waals surface area contributed by atoms with Gasteiger partial charge in [0.05, 0.1) is 0 Å². The van der Waals surface area contributed by atoms with Crippen LogP contribution in [-0.2, 0) is 4.79 Å². The summed E-state index contributed by atoms with van der Waals surface area (Å²) in [6, 6.07) is 0. The Hall–Kier alpha value is -1.01. The second-order valence-electron chi connectivity index (χ2n) is 4.51. The third kappa shape index (κ3) is 8.02. The Balaban J connectivity index is 3.66. The minimum Gasteiger partial charge on any atom is -0.355 e. The van der Waals surface area contributed by atoms with Crippen molar-refractivity contribution in [3.8, 4) is 12.3 Å². The highest BCUT2D eigenvalue weighted by molar-refractivity contribution is 5.75. The molecule has 0 heterocycles. The van der Waals surface area contributed by atoms with Crippen LogP contribution < -0.4 is 11.1 Å². The molecule has 86 valence electrons. The fourth-order valence-corrected chi connectivity index (χ4v) is 1.33. The van der Waals surface area contributed by atoms with Gasteiger partial charge >= 0.3 is 0 Å². The van der Waals surface area contributed by atoms with Crippen molar-refractivity contribution in [1.29, 1.82) is 0 Å². The Morgan fingerprint density at radius 3 is 2.67 bits per heavy atom. The summed E-state index contributed by atoms with van der Waals surface area (Å²) in [4.78, 5) is 11.4. The Bertz CT molecular complexity index is 228. The average molecular weight is 210 g/mol. The molecule has 0 rings (SSSR count). The molecule has 0 aliphatic carbocycles. The molecule has 0 saturated heterocycles. The topological polar surface area (TPSA) is 55.1 Å². The molecule has 0 aromatic rings. The van der Waals surface area contributed by atoms with E-state index in [2.05, 4.69) is 25.1 Å². The van der Waals surface area contributed by atoms with Gasteiger partial charge in [-0.15, -0.1) is 12.3 Å². The van der Waals surface area contributed by atoms with Crippen LogP contribution in [0, 0.1) is 17.8 Å². The van der Waals surface area contributed by atoms with E-state index >= 15 is 0 Å². The molecule has 1 amide bonds. The quantitative estimate of drug-likeness (QED) is 0.491. The number of terminal acetylenes is 1. The lowest BCUT2D eigenvalue weighted by Gasteiger charge is -2.23. The third-order valence-corrected chi connectivity index (χ3v) is 2.44. The van der Waals surface area contributed by atoms with Gasteiger partial charge in [-0.25, -0.2) is 0 Å². The molecule has 3 N–H and O–H groups in total. The summed E-state index contributed by atoms with van der Waals surface area (Å²) >= 11 is 0. The van der Waals surface area contributed by atoms with Gasteiger partial charge in [-0.05, 0) is 24.8 Å². The summed E-state index contributed by atoms with van der Waals surface area (Å²) in [5, 5.41) is 2.79. The fourth-order valence-electron chi connectivity index (χ4n) is 1.33. The predicted molar refractivity (Wildman–Crippen MR) is 63.1 cm³/mol. The van der Waals surface area contributed by atoms with Crippen LogP contribution in [0.2, 0.25) is 0 Å². The highest BCUT2D eigenvalue weighted by Crippen LogP contribution is 2.25. The molecule has 0 aliphatic heterocycles. The first-order chi connectivity index (χ1) is 7.02. The average Bonchev–Trinajstić information content (AvgIpc) is 2.15. The minimum atomic E-state index is 0.0790. The van der Waals surface area contributed by atoms with Gasteiger partial charge in [-0.3, -0.25) is 4.79 Å². The highest BCUT2D eigenvalue weighted by Gasteiger charge is 2.17. The SMILES string of the molecule is C#CCCNC(=O)CCC(C)(C)CCN. The van der Waals surface area contributed by atoms with E-state index < -0.39 is 0 Å². The van der Waals surface area contributed by atoms with Gasteiger partial charge in [-0.2, -0.15) is 0 Å². The molecule has 15 heavy (non-hydrogen) atoms. The summed E-state index contributed by atoms with van der Waals surface area (Å²) in [7, 11) is 0. The van der Waals surface area contributed by atoms with Gasteiger partial charge in [0, 0.05) is 19.4 Å². The normalized spacial score (nSPS) is 10.8. The standard InChI is InChI=1S/C12H22N2O/c1-4-5-10-14-11(15)6-7-12(2,3)8-9-13/h1H,5-10,13H2,2-3H3,(H,14,15). The van der Waals surface area contributed by atoms with Gasteiger partial charge in [-0.1, -0.05) is 13.8 Å². The molecule has 0 bridgehead atoms. The molecular formula is C12H22N2O. The van der Waals surface area contributed by atoms with E-state index in [1.54, 1.807) is 0 Å². The van der Waals surface area contributed by atoms with Crippen molar-refractivity contribution in [3.63, 3.8) is 0 Å². The summed E-state index contributed by atoms with van der Waals surface area (Å²) in [6.45, 7) is 5.52. The lowest BCUT2D eigenvalue weighted by atomic mass is 9.84. The first-order valence-electron chi connectivity index (χ1n) is 5.42. The number of hydrogen-bond acceptors (Lipinski definition) is 2. The zero-order valence-corrected chi connectivity index (χ0v) is 9.81. The maximum atomic E-state index is 11.4. The van der Waals surface area contributed by atoms with Gasteiger partial charge < -0.3 is 11.1 Å². The highest BCUT2D eigenvalue weighted by atomic mass is 16.1. The van der Waals surface area contributed by atoms with Gasteiger partial charge in [0.2, 0.25) is 5.91 Å². The fraction of sp³-hybridized carbons (Fsp3) is 0.750. The third-order valence-electron chi connectivity index (χ3n) is 2.44. The van der Waals surface area contributed by atoms with E-state index in [1.807, 2.05) is 0 Å². The van der Waals surface area contributed by atoms with Crippen LogP contribution in [-0.4, -0.2) is 19.0 Å². The number of carbonyl (C=O) groups excluding carboxylic acids is 1. The van der Waals surface area contributed by atoms with Crippen molar-refractivity contribution >= 4 is 5.91 Å². The van der Waals surface area contributed by atoms with E-state index in [1.165, 1.54) is 0 Å². The molecule has 0 unspecified atom stereocenters. The largest absolute Gasteiger partial charge is 0.355 e. The van der Waals surface area contributed by atoms with Crippen molar-refractivity contribution in [3.05, 3.63) is 0 Å². The summed E-state index contributed by atoms with van der Waals surface area (Å²) in [5.41, 5.74) is 5.65. The van der Waals surface area contributed by atoms with E-state index in [-0.39, 0.29) is 11.3 Å². The predicted octanol–water partition coefficient (Wildman–Crippen LogP) is 1.28. The Kier molecular flexibility index (Phi) is 6.81. The van der Waals surface area contributed by atoms with Crippen LogP contribution in [0.4, 0.5) is 0 Å². The first kappa shape index (κ1) is 14.0. The molecule has 0 spiro atoms. The molecule has 0 aromatic carbocycles. The molecule has 0 aromatic heterocycles. The monoisotopic (exact) mass is 210 g/mol. The molecule has 3 nitrogen and oxygen atoms in total. The number of amides is 1. The second-order valence-corrected chi connectivity index (χ2v) is 4.51. The first-order valence-corrected chi connectivity index (χ1v) is 5.42. The summed E-state index contributed by atoms with van der Waals surface area (Å²) < 4.78 is 0. The van der Waals surface area contributed by atoms with Crippen LogP contribution in [0.25, 0.3) is 0 Å². The maximum Gasteiger partial charge on any atom is 0.220 e. The molecule has 0 radical (unpaired) electrons. The van der Waals surface area contributed by atoms with Crippen molar-refractivity contribution in [2.45, 2.75) is 39.5 Å². The van der Waals surface area contributed by atoms with Gasteiger partial charge in [0.25, 0.3) is 0 Å². The van der Waals surface area contributed by atoms with Crippen molar-refractivity contribution < 1.29 is 4.79 Å². The second kappa shape index (κ2) is 7.30. The lowest BCUT2D eigenvalue weighted by Crippen LogP contribution is -2.26. The van der Waals surface area contributed by atoms with Crippen molar-refractivity contribution in [2.24, 2.45) is 11.1 Å². The Morgan fingerprint density at radius 1 is 1.47 bits per heavy atom. The number of carbonyl (C=O) groups is 1. The van der Waals surface area contributed by atoms with Crippen molar-refractivity contribution in [2.75, 3.05) is 13.1 Å². The minimum absolute atomic E-state index is 0.0790. The number of nitrogens with two attached hydrogens (primary N) is 1. The smallest absolute Gasteiger partial charge is 0.220 e. The lowest BCUT2D eigenvalue weighted by molar-refractivity contribution is -0.121. The maximum absolute atomic E-state index is 11.4. The van der Waals surface area contributed by atoms with Gasteiger partial charge in [0.1, 0.15) is 0 Å². The Morgan fingerprint density at radius 2 is 2.13 bits per heavy atom. The molecule has 0 fully saturated rings.